The average Bonchev–Trinajstić information content (AvgIpc) is 2.55. The first-order valence-electron chi connectivity index (χ1n) is 9.21. The number of fused-ring (bicyclic) bond motifs is 1. The Labute approximate surface area is 163 Å². The van der Waals surface area contributed by atoms with E-state index in [1.165, 1.54) is 5.56 Å². The van der Waals surface area contributed by atoms with Crippen molar-refractivity contribution in [2.45, 2.75) is 70.1 Å². The Morgan fingerprint density at radius 3 is 2.68 bits per heavy atom. The minimum absolute atomic E-state index is 0.116. The Morgan fingerprint density at radius 1 is 1.36 bits per heavy atom. The lowest BCUT2D eigenvalue weighted by Gasteiger charge is -2.33. The van der Waals surface area contributed by atoms with Crippen LogP contribution in [0.2, 0.25) is 19.6 Å². The molecule has 1 aliphatic rings. The van der Waals surface area contributed by atoms with Crippen molar-refractivity contribution < 1.29 is 9.53 Å². The Kier molecular flexibility index (Phi) is 7.29. The Bertz CT molecular complexity index is 624. The van der Waals surface area contributed by atoms with Crippen LogP contribution >= 0.6 is 24.0 Å². The Hall–Kier alpha value is -0.653. The van der Waals surface area contributed by atoms with E-state index in [0.29, 0.717) is 15.0 Å². The second-order valence-electron chi connectivity index (χ2n) is 8.05. The van der Waals surface area contributed by atoms with Crippen LogP contribution in [0.25, 0.3) is 0 Å². The Morgan fingerprint density at radius 2 is 2.04 bits per heavy atom. The van der Waals surface area contributed by atoms with Gasteiger partial charge < -0.3 is 4.74 Å². The lowest BCUT2D eigenvalue weighted by atomic mass is 9.81. The summed E-state index contributed by atoms with van der Waals surface area (Å²) < 4.78 is 6.47. The summed E-state index contributed by atoms with van der Waals surface area (Å²) in [6.07, 6.45) is 3.98. The first-order valence-corrected chi connectivity index (χ1v) is 14.1. The van der Waals surface area contributed by atoms with E-state index in [-0.39, 0.29) is 12.0 Å². The number of thioether (sulfide) groups is 1. The van der Waals surface area contributed by atoms with Gasteiger partial charge in [0.25, 0.3) is 0 Å². The molecule has 0 N–H and O–H groups in total. The summed E-state index contributed by atoms with van der Waals surface area (Å²) in [6.45, 7) is 11.2. The fourth-order valence-corrected chi connectivity index (χ4v) is 7.39. The van der Waals surface area contributed by atoms with Crippen LogP contribution in [0.4, 0.5) is 0 Å². The molecule has 0 amide bonds. The molecular weight excluding hydrogens is 364 g/mol. The van der Waals surface area contributed by atoms with Crippen LogP contribution in [0.1, 0.15) is 49.0 Å². The molecule has 3 unspecified atom stereocenters. The van der Waals surface area contributed by atoms with Gasteiger partial charge in [-0.1, -0.05) is 62.6 Å². The molecule has 2 nitrogen and oxygen atoms in total. The predicted octanol–water partition coefficient (Wildman–Crippen LogP) is 5.90. The number of ketones is 1. The Balaban J connectivity index is 2.08. The van der Waals surface area contributed by atoms with Gasteiger partial charge in [-0.2, -0.15) is 0 Å². The van der Waals surface area contributed by atoms with Crippen LogP contribution in [0, 0.1) is 5.92 Å². The van der Waals surface area contributed by atoms with E-state index >= 15 is 0 Å². The van der Waals surface area contributed by atoms with Crippen LogP contribution in [0.15, 0.2) is 24.3 Å². The number of aryl methyl sites for hydroxylation is 1. The summed E-state index contributed by atoms with van der Waals surface area (Å²) in [5.41, 5.74) is 2.13. The van der Waals surface area contributed by atoms with Crippen LogP contribution in [0.3, 0.4) is 0 Å². The number of benzene rings is 1. The fourth-order valence-electron chi connectivity index (χ4n) is 3.11. The van der Waals surface area contributed by atoms with E-state index in [1.807, 2.05) is 18.2 Å². The molecule has 0 heterocycles. The van der Waals surface area contributed by atoms with Gasteiger partial charge in [-0.25, -0.2) is 0 Å². The lowest BCUT2D eigenvalue weighted by Crippen LogP contribution is -2.40. The number of rotatable bonds is 6. The zero-order chi connectivity index (χ0) is 18.6. The van der Waals surface area contributed by atoms with Crippen molar-refractivity contribution in [2.24, 2.45) is 5.92 Å². The minimum atomic E-state index is -1.47. The second-order valence-corrected chi connectivity index (χ2v) is 15.7. The fraction of sp³-hybridized carbons (Fsp3) is 0.600. The third kappa shape index (κ3) is 5.66. The molecule has 5 heteroatoms. The van der Waals surface area contributed by atoms with Gasteiger partial charge in [-0.05, 0) is 50.4 Å². The van der Waals surface area contributed by atoms with Crippen LogP contribution in [0.5, 0.6) is 0 Å². The van der Waals surface area contributed by atoms with Crippen LogP contribution < -0.4 is 0 Å². The lowest BCUT2D eigenvalue weighted by molar-refractivity contribution is 0.0897. The SMILES string of the molecule is CCC(C)OC(=S)SC(CC1CCc2ccccc2C1=O)[Si](C)(C)C. The van der Waals surface area contributed by atoms with E-state index in [0.717, 1.165) is 31.2 Å². The quantitative estimate of drug-likeness (QED) is 0.443. The minimum Gasteiger partial charge on any atom is -0.476 e. The molecule has 2 rings (SSSR count). The third-order valence-corrected chi connectivity index (χ3v) is 10.8. The molecule has 25 heavy (non-hydrogen) atoms. The maximum absolute atomic E-state index is 12.9. The zero-order valence-corrected chi connectivity index (χ0v) is 18.6. The zero-order valence-electron chi connectivity index (χ0n) is 16.0. The van der Waals surface area contributed by atoms with E-state index in [1.54, 1.807) is 11.8 Å². The highest BCUT2D eigenvalue weighted by atomic mass is 32.2. The number of ether oxygens (including phenoxy) is 1. The number of carbonyl (C=O) groups is 1. The van der Waals surface area contributed by atoms with Crippen molar-refractivity contribution in [2.75, 3.05) is 0 Å². The molecule has 0 fully saturated rings. The number of hydrogen-bond acceptors (Lipinski definition) is 4. The molecule has 3 atom stereocenters. The van der Waals surface area contributed by atoms with Gasteiger partial charge >= 0.3 is 0 Å². The molecule has 1 aliphatic carbocycles. The first-order chi connectivity index (χ1) is 11.7. The normalized spacial score (nSPS) is 19.9. The van der Waals surface area contributed by atoms with Gasteiger partial charge in [-0.3, -0.25) is 4.79 Å². The second kappa shape index (κ2) is 8.83. The van der Waals surface area contributed by atoms with E-state index < -0.39 is 8.07 Å². The van der Waals surface area contributed by atoms with E-state index in [4.69, 9.17) is 17.0 Å². The summed E-state index contributed by atoms with van der Waals surface area (Å²) in [4.78, 5) is 13.3. The first kappa shape index (κ1) is 20.7. The predicted molar refractivity (Wildman–Crippen MR) is 115 cm³/mol. The summed E-state index contributed by atoms with van der Waals surface area (Å²) in [6, 6.07) is 8.07. The highest BCUT2D eigenvalue weighted by Gasteiger charge is 2.35. The van der Waals surface area contributed by atoms with Crippen molar-refractivity contribution in [3.05, 3.63) is 35.4 Å². The van der Waals surface area contributed by atoms with Crippen molar-refractivity contribution in [1.29, 1.82) is 0 Å². The topological polar surface area (TPSA) is 26.3 Å². The molecule has 1 aromatic rings. The molecule has 0 bridgehead atoms. The van der Waals surface area contributed by atoms with Gasteiger partial charge in [0.1, 0.15) is 0 Å². The number of hydrogen-bond donors (Lipinski definition) is 0. The molecule has 0 aromatic heterocycles. The highest BCUT2D eigenvalue weighted by Crippen LogP contribution is 2.35. The smallest absolute Gasteiger partial charge is 0.220 e. The number of carbonyl (C=O) groups excluding carboxylic acids is 1. The monoisotopic (exact) mass is 394 g/mol. The van der Waals surface area contributed by atoms with Crippen molar-refractivity contribution in [3.8, 4) is 0 Å². The average molecular weight is 395 g/mol. The van der Waals surface area contributed by atoms with Crippen molar-refractivity contribution in [1.82, 2.24) is 0 Å². The highest BCUT2D eigenvalue weighted by molar-refractivity contribution is 8.23. The summed E-state index contributed by atoms with van der Waals surface area (Å²) in [5.74, 6) is 0.435. The molecule has 0 spiro atoms. The molecule has 1 aromatic carbocycles. The standard InChI is InChI=1S/C20H30O2S2Si/c1-6-14(2)22-20(23)24-18(25(3,4)5)13-16-12-11-15-9-7-8-10-17(15)19(16)21/h7-10,14,16,18H,6,11-13H2,1-5H3. The maximum atomic E-state index is 12.9. The van der Waals surface area contributed by atoms with Crippen LogP contribution in [-0.4, -0.2) is 29.2 Å². The third-order valence-electron chi connectivity index (χ3n) is 4.99. The molecule has 0 aliphatic heterocycles. The largest absolute Gasteiger partial charge is 0.476 e. The van der Waals surface area contributed by atoms with E-state index in [2.05, 4.69) is 39.6 Å². The van der Waals surface area contributed by atoms with Gasteiger partial charge in [0.05, 0.1) is 14.2 Å². The van der Waals surface area contributed by atoms with E-state index in [9.17, 15) is 4.79 Å². The number of thiocarbonyl (C=S) groups is 1. The molecule has 138 valence electrons. The molecule has 0 saturated carbocycles. The molecular formula is C20H30O2S2Si. The van der Waals surface area contributed by atoms with Crippen LogP contribution in [-0.2, 0) is 11.2 Å². The van der Waals surface area contributed by atoms with Gasteiger partial charge in [0.15, 0.2) is 5.78 Å². The summed E-state index contributed by atoms with van der Waals surface area (Å²) in [5, 5.41) is 0. The number of Topliss-reactive ketones (excluding diaryl/α,β-unsaturated/α-hetero) is 1. The van der Waals surface area contributed by atoms with Crippen molar-refractivity contribution >= 4 is 42.2 Å². The molecule has 0 radical (unpaired) electrons. The van der Waals surface area contributed by atoms with Crippen molar-refractivity contribution in [3.63, 3.8) is 0 Å². The maximum Gasteiger partial charge on any atom is 0.220 e. The van der Waals surface area contributed by atoms with Gasteiger partial charge in [-0.15, -0.1) is 0 Å². The van der Waals surface area contributed by atoms with Gasteiger partial charge in [0, 0.05) is 16.4 Å². The molecule has 0 saturated heterocycles. The van der Waals surface area contributed by atoms with Gasteiger partial charge in [0.2, 0.25) is 4.38 Å². The summed E-state index contributed by atoms with van der Waals surface area (Å²) >= 11 is 7.17. The summed E-state index contributed by atoms with van der Waals surface area (Å²) in [7, 11) is -1.47.